The van der Waals surface area contributed by atoms with E-state index in [0.717, 1.165) is 29.8 Å². The first kappa shape index (κ1) is 22.6. The lowest BCUT2D eigenvalue weighted by Gasteiger charge is -2.41. The highest BCUT2D eigenvalue weighted by molar-refractivity contribution is 5.96. The molecule has 1 aromatic carbocycles. The lowest BCUT2D eigenvalue weighted by Crippen LogP contribution is -2.48. The summed E-state index contributed by atoms with van der Waals surface area (Å²) in [6.45, 7) is 11.1. The van der Waals surface area contributed by atoms with E-state index in [1.807, 2.05) is 25.7 Å². The number of hydrogen-bond acceptors (Lipinski definition) is 4. The highest BCUT2D eigenvalue weighted by atomic mass is 19.1. The molecule has 34 heavy (non-hydrogen) atoms. The number of fused-ring (bicyclic) bond motifs is 5. The Kier molecular flexibility index (Phi) is 5.11. The summed E-state index contributed by atoms with van der Waals surface area (Å²) in [5.41, 5.74) is 3.37. The maximum absolute atomic E-state index is 14.5. The number of nitrogens with zero attached hydrogens (tertiary/aromatic N) is 4. The van der Waals surface area contributed by atoms with Crippen molar-refractivity contribution < 1.29 is 13.6 Å². The van der Waals surface area contributed by atoms with Gasteiger partial charge in [-0.3, -0.25) is 9.89 Å². The van der Waals surface area contributed by atoms with Gasteiger partial charge in [0.15, 0.2) is 0 Å². The Balaban J connectivity index is 1.57. The van der Waals surface area contributed by atoms with Crippen molar-refractivity contribution in [1.82, 2.24) is 25.3 Å². The van der Waals surface area contributed by atoms with Crippen molar-refractivity contribution in [1.29, 1.82) is 0 Å². The number of nitrogens with one attached hydrogen (secondary N) is 1. The predicted octanol–water partition coefficient (Wildman–Crippen LogP) is 5.08. The number of carbonyl (C=O) groups is 1. The molecule has 0 aliphatic heterocycles. The number of hydrogen-bond donors (Lipinski definition) is 1. The number of aryl methyl sites for hydroxylation is 2. The van der Waals surface area contributed by atoms with E-state index in [2.05, 4.69) is 34.2 Å². The predicted molar refractivity (Wildman–Crippen MR) is 124 cm³/mol. The van der Waals surface area contributed by atoms with Crippen LogP contribution in [0.15, 0.2) is 24.3 Å². The van der Waals surface area contributed by atoms with Gasteiger partial charge in [-0.05, 0) is 68.7 Å². The molecule has 2 atom stereocenters. The lowest BCUT2D eigenvalue weighted by atomic mass is 9.68. The van der Waals surface area contributed by atoms with E-state index in [4.69, 9.17) is 0 Å². The number of rotatable bonds is 5. The zero-order chi connectivity index (χ0) is 24.4. The molecule has 0 radical (unpaired) electrons. The number of H-pyrrole nitrogens is 1. The third kappa shape index (κ3) is 2.96. The minimum absolute atomic E-state index is 0.0497. The van der Waals surface area contributed by atoms with Gasteiger partial charge < -0.3 is 4.90 Å². The first-order valence-electron chi connectivity index (χ1n) is 11.8. The van der Waals surface area contributed by atoms with Crippen LogP contribution < -0.4 is 0 Å². The van der Waals surface area contributed by atoms with Gasteiger partial charge in [-0.15, -0.1) is 0 Å². The zero-order valence-corrected chi connectivity index (χ0v) is 20.2. The molecule has 3 aromatic rings. The van der Waals surface area contributed by atoms with Crippen molar-refractivity contribution in [2.75, 3.05) is 13.1 Å². The molecule has 0 unspecified atom stereocenters. The monoisotopic (exact) mass is 465 g/mol. The van der Waals surface area contributed by atoms with Crippen LogP contribution in [0.3, 0.4) is 0 Å². The first-order chi connectivity index (χ1) is 16.1. The highest BCUT2D eigenvalue weighted by Crippen LogP contribution is 2.67. The van der Waals surface area contributed by atoms with Crippen LogP contribution in [0, 0.1) is 30.9 Å². The summed E-state index contributed by atoms with van der Waals surface area (Å²) < 4.78 is 28.9. The van der Waals surface area contributed by atoms with Crippen molar-refractivity contribution in [2.45, 2.75) is 58.8 Å². The second kappa shape index (κ2) is 7.68. The van der Waals surface area contributed by atoms with Crippen molar-refractivity contribution in [2.24, 2.45) is 5.41 Å². The van der Waals surface area contributed by atoms with Crippen molar-refractivity contribution in [3.63, 3.8) is 0 Å². The van der Waals surface area contributed by atoms with E-state index >= 15 is 0 Å². The van der Waals surface area contributed by atoms with E-state index in [-0.39, 0.29) is 33.9 Å². The Hall–Kier alpha value is -3.16. The molecule has 2 heterocycles. The summed E-state index contributed by atoms with van der Waals surface area (Å²) in [6, 6.07) is 5.61. The fourth-order valence-electron chi connectivity index (χ4n) is 6.32. The fourth-order valence-corrected chi connectivity index (χ4v) is 6.32. The molecule has 2 bridgehead atoms. The molecule has 1 saturated carbocycles. The quantitative estimate of drug-likeness (QED) is 0.570. The number of benzene rings is 1. The fraction of sp³-hybridized carbons (Fsp3) is 0.462. The average molecular weight is 466 g/mol. The summed E-state index contributed by atoms with van der Waals surface area (Å²) in [5, 5.41) is 15.9. The van der Waals surface area contributed by atoms with Crippen molar-refractivity contribution in [3.8, 4) is 11.3 Å². The van der Waals surface area contributed by atoms with Gasteiger partial charge in [0.05, 0.1) is 28.2 Å². The van der Waals surface area contributed by atoms with E-state index in [9.17, 15) is 13.6 Å². The Morgan fingerprint density at radius 2 is 1.91 bits per heavy atom. The number of aromatic nitrogens is 4. The average Bonchev–Trinajstić information content (AvgIpc) is 3.33. The van der Waals surface area contributed by atoms with Gasteiger partial charge in [0.25, 0.3) is 5.91 Å². The standard InChI is InChI=1S/C26H29F2N5O/c1-6-33(24(34)21-14(2)29-30-15(21)3)13-26-11-10-17(25(26,4)5)16-12-20(31-32-23(16)26)22-18(27)8-7-9-19(22)28/h7-9,12,17H,6,10-11,13H2,1-5H3,(H,29,30)/t17-,26-/m0/s1. The molecular weight excluding hydrogens is 436 g/mol. The molecule has 1 N–H and O–H groups in total. The second-order valence-corrected chi connectivity index (χ2v) is 10.2. The van der Waals surface area contributed by atoms with Gasteiger partial charge >= 0.3 is 0 Å². The Labute approximate surface area is 197 Å². The number of amides is 1. The molecule has 1 amide bonds. The summed E-state index contributed by atoms with van der Waals surface area (Å²) in [4.78, 5) is 15.4. The molecule has 2 aromatic heterocycles. The summed E-state index contributed by atoms with van der Waals surface area (Å²) in [6.07, 6.45) is 1.81. The lowest BCUT2D eigenvalue weighted by molar-refractivity contribution is 0.0651. The van der Waals surface area contributed by atoms with Crippen molar-refractivity contribution in [3.05, 3.63) is 64.1 Å². The smallest absolute Gasteiger partial charge is 0.257 e. The molecule has 6 nitrogen and oxygen atoms in total. The van der Waals surface area contributed by atoms with Gasteiger partial charge in [-0.25, -0.2) is 8.78 Å². The summed E-state index contributed by atoms with van der Waals surface area (Å²) in [5.74, 6) is -1.18. The van der Waals surface area contributed by atoms with Crippen LogP contribution in [-0.2, 0) is 5.41 Å². The topological polar surface area (TPSA) is 74.8 Å². The Bertz CT molecular complexity index is 1260. The maximum atomic E-state index is 14.5. The van der Waals surface area contributed by atoms with Gasteiger partial charge in [0.1, 0.15) is 11.6 Å². The maximum Gasteiger partial charge on any atom is 0.257 e. The molecule has 1 fully saturated rings. The molecule has 2 aliphatic carbocycles. The highest BCUT2D eigenvalue weighted by Gasteiger charge is 2.64. The Morgan fingerprint density at radius 3 is 2.53 bits per heavy atom. The molecule has 0 spiro atoms. The van der Waals surface area contributed by atoms with Crippen LogP contribution in [0.4, 0.5) is 8.78 Å². The van der Waals surface area contributed by atoms with Crippen LogP contribution in [0.5, 0.6) is 0 Å². The number of carbonyl (C=O) groups excluding carboxylic acids is 1. The van der Waals surface area contributed by atoms with E-state index in [0.29, 0.717) is 24.3 Å². The summed E-state index contributed by atoms with van der Waals surface area (Å²) in [7, 11) is 0. The van der Waals surface area contributed by atoms with Gasteiger partial charge in [0.2, 0.25) is 0 Å². The minimum Gasteiger partial charge on any atom is -0.338 e. The third-order valence-electron chi connectivity index (χ3n) is 8.31. The normalized spacial score (nSPS) is 22.1. The second-order valence-electron chi connectivity index (χ2n) is 10.2. The van der Waals surface area contributed by atoms with Crippen LogP contribution in [0.2, 0.25) is 0 Å². The minimum atomic E-state index is -0.653. The van der Waals surface area contributed by atoms with Gasteiger partial charge in [-0.2, -0.15) is 15.3 Å². The van der Waals surface area contributed by atoms with Gasteiger partial charge in [-0.1, -0.05) is 19.9 Å². The van der Waals surface area contributed by atoms with Crippen LogP contribution >= 0.6 is 0 Å². The van der Waals surface area contributed by atoms with Crippen LogP contribution in [-0.4, -0.2) is 44.3 Å². The van der Waals surface area contributed by atoms with Crippen LogP contribution in [0.25, 0.3) is 11.3 Å². The number of halogens is 2. The van der Waals surface area contributed by atoms with E-state index in [1.54, 1.807) is 6.07 Å². The molecule has 0 saturated heterocycles. The van der Waals surface area contributed by atoms with E-state index < -0.39 is 11.6 Å². The third-order valence-corrected chi connectivity index (χ3v) is 8.31. The molecule has 8 heteroatoms. The van der Waals surface area contributed by atoms with Crippen LogP contribution in [0.1, 0.15) is 72.5 Å². The number of likely N-dealkylation sites (N-methyl/N-ethyl adjacent to an activating group) is 1. The Morgan fingerprint density at radius 1 is 1.21 bits per heavy atom. The van der Waals surface area contributed by atoms with Gasteiger partial charge in [0, 0.05) is 24.2 Å². The molecule has 5 rings (SSSR count). The number of aromatic amines is 1. The molecule has 2 aliphatic rings. The van der Waals surface area contributed by atoms with E-state index in [1.165, 1.54) is 18.2 Å². The zero-order valence-electron chi connectivity index (χ0n) is 20.2. The molecule has 178 valence electrons. The first-order valence-corrected chi connectivity index (χ1v) is 11.8. The molecular formula is C26H29F2N5O. The van der Waals surface area contributed by atoms with Crippen molar-refractivity contribution >= 4 is 5.91 Å². The SMILES string of the molecule is CCN(C[C@@]12CC[C@@H](c3cc(-c4c(F)cccc4F)nnc31)C2(C)C)C(=O)c1c(C)n[nH]c1C. The summed E-state index contributed by atoms with van der Waals surface area (Å²) >= 11 is 0. The largest absolute Gasteiger partial charge is 0.338 e.